The van der Waals surface area contributed by atoms with E-state index >= 15 is 0 Å². The Morgan fingerprint density at radius 1 is 1.38 bits per heavy atom. The molecule has 2 rings (SSSR count). The highest BCUT2D eigenvalue weighted by Gasteiger charge is 2.31. The van der Waals surface area contributed by atoms with E-state index in [1.54, 1.807) is 23.7 Å². The first kappa shape index (κ1) is 18.3. The molecule has 1 aromatic rings. The second-order valence-corrected chi connectivity index (χ2v) is 7.00. The molecule has 2 heterocycles. The van der Waals surface area contributed by atoms with Crippen molar-refractivity contribution in [2.75, 3.05) is 26.7 Å². The van der Waals surface area contributed by atoms with E-state index < -0.39 is 5.60 Å². The summed E-state index contributed by atoms with van der Waals surface area (Å²) in [5, 5.41) is 13.3. The van der Waals surface area contributed by atoms with Crippen molar-refractivity contribution >= 4 is 12.0 Å². The van der Waals surface area contributed by atoms with Gasteiger partial charge in [0.2, 0.25) is 0 Å². The molecule has 0 unspecified atom stereocenters. The second-order valence-electron chi connectivity index (χ2n) is 7.00. The highest BCUT2D eigenvalue weighted by Crippen LogP contribution is 2.24. The van der Waals surface area contributed by atoms with Gasteiger partial charge in [-0.15, -0.1) is 0 Å². The van der Waals surface area contributed by atoms with Crippen LogP contribution < -0.4 is 0 Å². The maximum atomic E-state index is 12.5. The number of carbonyl (C=O) groups excluding carboxylic acids is 2. The Labute approximate surface area is 142 Å². The summed E-state index contributed by atoms with van der Waals surface area (Å²) < 4.78 is 7.06. The zero-order chi connectivity index (χ0) is 18.1. The molecule has 0 saturated carbocycles. The lowest BCUT2D eigenvalue weighted by Crippen LogP contribution is -2.40. The molecule has 134 valence electrons. The zero-order valence-electron chi connectivity index (χ0n) is 15.0. The molecule has 0 spiro atoms. The molecule has 8 heteroatoms. The number of aryl methyl sites for hydroxylation is 1. The highest BCUT2D eigenvalue weighted by molar-refractivity contribution is 5.94. The Kier molecular flexibility index (Phi) is 5.17. The van der Waals surface area contributed by atoms with E-state index in [-0.39, 0.29) is 25.2 Å². The Morgan fingerprint density at radius 2 is 2.04 bits per heavy atom. The lowest BCUT2D eigenvalue weighted by molar-refractivity contribution is 0.0219. The minimum atomic E-state index is -0.544. The van der Waals surface area contributed by atoms with Crippen molar-refractivity contribution in [3.63, 3.8) is 0 Å². The van der Waals surface area contributed by atoms with E-state index in [2.05, 4.69) is 5.10 Å². The van der Waals surface area contributed by atoms with Crippen molar-refractivity contribution in [2.45, 2.75) is 39.3 Å². The number of nitrogens with zero attached hydrogens (tertiary/aromatic N) is 4. The van der Waals surface area contributed by atoms with Gasteiger partial charge in [0.15, 0.2) is 5.69 Å². The molecule has 1 aliphatic heterocycles. The average molecular weight is 338 g/mol. The number of ether oxygens (including phenoxy) is 1. The number of amides is 2. The van der Waals surface area contributed by atoms with Gasteiger partial charge in [-0.05, 0) is 27.2 Å². The standard InChI is InChI=1S/C16H26N4O4/c1-16(2,3)24-15(23)20-7-6-11-12(10-20)19(5)17-13(11)14(22)18(4)8-9-21/h21H,6-10H2,1-5H3. The molecule has 0 saturated heterocycles. The summed E-state index contributed by atoms with van der Waals surface area (Å²) in [5.41, 5.74) is 1.56. The first-order valence-corrected chi connectivity index (χ1v) is 8.03. The summed E-state index contributed by atoms with van der Waals surface area (Å²) >= 11 is 0. The number of hydrogen-bond donors (Lipinski definition) is 1. The zero-order valence-corrected chi connectivity index (χ0v) is 15.0. The smallest absolute Gasteiger partial charge is 0.410 e. The van der Waals surface area contributed by atoms with Gasteiger partial charge in [0.1, 0.15) is 5.60 Å². The lowest BCUT2D eigenvalue weighted by Gasteiger charge is -2.30. The van der Waals surface area contributed by atoms with E-state index in [4.69, 9.17) is 9.84 Å². The normalized spacial score (nSPS) is 14.3. The molecule has 8 nitrogen and oxygen atoms in total. The molecular formula is C16H26N4O4. The van der Waals surface area contributed by atoms with Gasteiger partial charge in [-0.25, -0.2) is 4.79 Å². The van der Waals surface area contributed by atoms with Crippen molar-refractivity contribution < 1.29 is 19.4 Å². The monoisotopic (exact) mass is 338 g/mol. The van der Waals surface area contributed by atoms with Gasteiger partial charge in [0, 0.05) is 32.7 Å². The van der Waals surface area contributed by atoms with Crippen LogP contribution in [0, 0.1) is 0 Å². The van der Waals surface area contributed by atoms with Crippen LogP contribution in [0.5, 0.6) is 0 Å². The fourth-order valence-corrected chi connectivity index (χ4v) is 2.66. The first-order chi connectivity index (χ1) is 11.1. The van der Waals surface area contributed by atoms with Crippen LogP contribution in [0.25, 0.3) is 0 Å². The van der Waals surface area contributed by atoms with E-state index in [0.29, 0.717) is 25.2 Å². The Hall–Kier alpha value is -2.09. The fourth-order valence-electron chi connectivity index (χ4n) is 2.66. The van der Waals surface area contributed by atoms with Crippen LogP contribution in [0.4, 0.5) is 4.79 Å². The predicted octanol–water partition coefficient (Wildman–Crippen LogP) is 0.778. The van der Waals surface area contributed by atoms with Crippen LogP contribution in [0.2, 0.25) is 0 Å². The van der Waals surface area contributed by atoms with E-state index in [9.17, 15) is 9.59 Å². The number of carbonyl (C=O) groups is 2. The van der Waals surface area contributed by atoms with E-state index in [1.807, 2.05) is 20.8 Å². The van der Waals surface area contributed by atoms with Gasteiger partial charge in [0.05, 0.1) is 18.8 Å². The Morgan fingerprint density at radius 3 is 2.62 bits per heavy atom. The lowest BCUT2D eigenvalue weighted by atomic mass is 10.0. The van der Waals surface area contributed by atoms with Crippen molar-refractivity contribution in [1.82, 2.24) is 19.6 Å². The van der Waals surface area contributed by atoms with Crippen molar-refractivity contribution in [3.05, 3.63) is 17.0 Å². The SMILES string of the molecule is CN(CCO)C(=O)c1nn(C)c2c1CCN(C(=O)OC(C)(C)C)C2. The largest absolute Gasteiger partial charge is 0.444 e. The van der Waals surface area contributed by atoms with Gasteiger partial charge in [-0.3, -0.25) is 9.48 Å². The maximum absolute atomic E-state index is 12.5. The molecule has 2 amide bonds. The van der Waals surface area contributed by atoms with Gasteiger partial charge < -0.3 is 19.6 Å². The molecule has 0 radical (unpaired) electrons. The van der Waals surface area contributed by atoms with Gasteiger partial charge >= 0.3 is 6.09 Å². The number of hydrogen-bond acceptors (Lipinski definition) is 5. The van der Waals surface area contributed by atoms with Crippen molar-refractivity contribution in [1.29, 1.82) is 0 Å². The number of likely N-dealkylation sites (N-methyl/N-ethyl adjacent to an activating group) is 1. The van der Waals surface area contributed by atoms with Gasteiger partial charge in [-0.2, -0.15) is 5.10 Å². The second kappa shape index (κ2) is 6.80. The summed E-state index contributed by atoms with van der Waals surface area (Å²) in [7, 11) is 3.40. The van der Waals surface area contributed by atoms with Gasteiger partial charge in [0.25, 0.3) is 5.91 Å². The van der Waals surface area contributed by atoms with Crippen LogP contribution in [0.15, 0.2) is 0 Å². The Balaban J connectivity index is 2.19. The summed E-state index contributed by atoms with van der Waals surface area (Å²) in [4.78, 5) is 27.8. The van der Waals surface area contributed by atoms with E-state index in [1.165, 1.54) is 4.90 Å². The fraction of sp³-hybridized carbons (Fsp3) is 0.688. The Bertz CT molecular complexity index is 633. The third-order valence-electron chi connectivity index (χ3n) is 3.88. The summed E-state index contributed by atoms with van der Waals surface area (Å²) in [6.07, 6.45) is 0.191. The van der Waals surface area contributed by atoms with Crippen LogP contribution in [0.1, 0.15) is 42.5 Å². The molecule has 0 aliphatic carbocycles. The number of aromatic nitrogens is 2. The highest BCUT2D eigenvalue weighted by atomic mass is 16.6. The van der Waals surface area contributed by atoms with Crippen LogP contribution in [-0.4, -0.2) is 69.0 Å². The first-order valence-electron chi connectivity index (χ1n) is 8.03. The molecule has 24 heavy (non-hydrogen) atoms. The third-order valence-corrected chi connectivity index (χ3v) is 3.88. The minimum Gasteiger partial charge on any atom is -0.444 e. The molecule has 0 aromatic carbocycles. The van der Waals surface area contributed by atoms with E-state index in [0.717, 1.165) is 11.3 Å². The number of rotatable bonds is 3. The van der Waals surface area contributed by atoms with Crippen LogP contribution >= 0.6 is 0 Å². The maximum Gasteiger partial charge on any atom is 0.410 e. The molecule has 0 fully saturated rings. The molecule has 0 bridgehead atoms. The molecular weight excluding hydrogens is 312 g/mol. The van der Waals surface area contributed by atoms with Crippen LogP contribution in [-0.2, 0) is 24.8 Å². The number of fused-ring (bicyclic) bond motifs is 1. The quantitative estimate of drug-likeness (QED) is 0.880. The average Bonchev–Trinajstić information content (AvgIpc) is 2.81. The summed E-state index contributed by atoms with van der Waals surface area (Å²) in [6.45, 7) is 6.51. The molecule has 1 N–H and O–H groups in total. The molecule has 1 aliphatic rings. The minimum absolute atomic E-state index is 0.0936. The topological polar surface area (TPSA) is 87.9 Å². The summed E-state index contributed by atoms with van der Waals surface area (Å²) in [5.74, 6) is -0.216. The predicted molar refractivity (Wildman–Crippen MR) is 87.6 cm³/mol. The molecule has 1 aromatic heterocycles. The van der Waals surface area contributed by atoms with Crippen LogP contribution in [0.3, 0.4) is 0 Å². The summed E-state index contributed by atoms with van der Waals surface area (Å²) in [6, 6.07) is 0. The third kappa shape index (κ3) is 3.87. The molecule has 0 atom stereocenters. The van der Waals surface area contributed by atoms with Gasteiger partial charge in [-0.1, -0.05) is 0 Å². The number of aliphatic hydroxyl groups is 1. The van der Waals surface area contributed by atoms with Crippen molar-refractivity contribution in [3.8, 4) is 0 Å². The number of aliphatic hydroxyl groups excluding tert-OH is 1. The van der Waals surface area contributed by atoms with Crippen molar-refractivity contribution in [2.24, 2.45) is 7.05 Å².